The normalized spacial score (nSPS) is 19.4. The van der Waals surface area contributed by atoms with Crippen LogP contribution in [0.4, 0.5) is 32.0 Å². The Hall–Kier alpha value is -4.22. The SMILES string of the molecule is CN1CC(=O)N(c2cnn(C)c2)CC12CCN(C(=O)c1cccnc1)C2.O=C(O)C(F)(F)F.O=C(O)C(F)(F)F. The summed E-state index contributed by atoms with van der Waals surface area (Å²) >= 11 is 0. The van der Waals surface area contributed by atoms with Crippen molar-refractivity contribution in [3.63, 3.8) is 0 Å². The zero-order valence-corrected chi connectivity index (χ0v) is 21.0. The van der Waals surface area contributed by atoms with Crippen LogP contribution in [0.15, 0.2) is 36.9 Å². The molecule has 0 saturated carbocycles. The lowest BCUT2D eigenvalue weighted by Gasteiger charge is -2.46. The Morgan fingerprint density at radius 1 is 0.975 bits per heavy atom. The van der Waals surface area contributed by atoms with Crippen LogP contribution in [0.2, 0.25) is 0 Å². The van der Waals surface area contributed by atoms with Crippen LogP contribution >= 0.6 is 0 Å². The number of carbonyl (C=O) groups is 4. The summed E-state index contributed by atoms with van der Waals surface area (Å²) in [6.45, 7) is 2.17. The minimum Gasteiger partial charge on any atom is -0.475 e. The summed E-state index contributed by atoms with van der Waals surface area (Å²) in [4.78, 5) is 52.9. The highest BCUT2D eigenvalue weighted by molar-refractivity contribution is 5.96. The molecule has 4 heterocycles. The predicted octanol–water partition coefficient (Wildman–Crippen LogP) is 1.65. The minimum absolute atomic E-state index is 0.00629. The van der Waals surface area contributed by atoms with E-state index < -0.39 is 24.3 Å². The van der Waals surface area contributed by atoms with Gasteiger partial charge in [-0.25, -0.2) is 9.59 Å². The Labute approximate surface area is 222 Å². The second kappa shape index (κ2) is 12.3. The number of hydrogen-bond donors (Lipinski definition) is 2. The number of halogens is 6. The third-order valence-electron chi connectivity index (χ3n) is 5.95. The zero-order valence-electron chi connectivity index (χ0n) is 21.0. The fourth-order valence-corrected chi connectivity index (χ4v) is 3.88. The van der Waals surface area contributed by atoms with Gasteiger partial charge in [0.1, 0.15) is 0 Å². The van der Waals surface area contributed by atoms with Gasteiger partial charge in [-0.15, -0.1) is 0 Å². The number of amides is 2. The number of nitrogens with zero attached hydrogens (tertiary/aromatic N) is 6. The monoisotopic (exact) mass is 582 g/mol. The fraction of sp³-hybridized carbons (Fsp3) is 0.455. The molecule has 2 aromatic heterocycles. The fourth-order valence-electron chi connectivity index (χ4n) is 3.88. The van der Waals surface area contributed by atoms with E-state index in [-0.39, 0.29) is 17.4 Å². The molecule has 2 aliphatic heterocycles. The Bertz CT molecular complexity index is 1200. The maximum Gasteiger partial charge on any atom is 0.490 e. The number of pyridine rings is 1. The molecule has 2 aromatic rings. The number of aromatic nitrogens is 3. The predicted molar refractivity (Wildman–Crippen MR) is 123 cm³/mol. The summed E-state index contributed by atoms with van der Waals surface area (Å²) in [5.41, 5.74) is 1.17. The van der Waals surface area contributed by atoms with Crippen molar-refractivity contribution in [2.24, 2.45) is 7.05 Å². The lowest BCUT2D eigenvalue weighted by molar-refractivity contribution is -0.193. The van der Waals surface area contributed by atoms with Gasteiger partial charge in [0.05, 0.1) is 29.5 Å². The Morgan fingerprint density at radius 2 is 1.55 bits per heavy atom. The van der Waals surface area contributed by atoms with Crippen LogP contribution in [0.25, 0.3) is 0 Å². The van der Waals surface area contributed by atoms with E-state index in [1.165, 1.54) is 0 Å². The summed E-state index contributed by atoms with van der Waals surface area (Å²) in [5, 5.41) is 18.4. The lowest BCUT2D eigenvalue weighted by atomic mass is 9.93. The maximum absolute atomic E-state index is 12.8. The van der Waals surface area contributed by atoms with Crippen LogP contribution in [-0.2, 0) is 21.4 Å². The van der Waals surface area contributed by atoms with Crippen LogP contribution < -0.4 is 4.90 Å². The molecule has 1 unspecified atom stereocenters. The topological polar surface area (TPSA) is 149 Å². The molecule has 0 aromatic carbocycles. The van der Waals surface area contributed by atoms with Crippen molar-refractivity contribution in [1.82, 2.24) is 24.6 Å². The summed E-state index contributed by atoms with van der Waals surface area (Å²) in [7, 11) is 3.81. The second-order valence-corrected chi connectivity index (χ2v) is 8.76. The lowest BCUT2D eigenvalue weighted by Crippen LogP contribution is -2.64. The number of piperazine rings is 1. The third kappa shape index (κ3) is 8.14. The van der Waals surface area contributed by atoms with Crippen molar-refractivity contribution >= 4 is 29.4 Å². The van der Waals surface area contributed by atoms with Gasteiger partial charge in [-0.3, -0.25) is 24.2 Å². The van der Waals surface area contributed by atoms with Crippen molar-refractivity contribution in [3.05, 3.63) is 42.5 Å². The van der Waals surface area contributed by atoms with E-state index in [4.69, 9.17) is 19.8 Å². The van der Waals surface area contributed by atoms with E-state index in [1.54, 1.807) is 40.3 Å². The molecule has 220 valence electrons. The number of aliphatic carboxylic acids is 2. The van der Waals surface area contributed by atoms with E-state index in [0.29, 0.717) is 31.7 Å². The van der Waals surface area contributed by atoms with Crippen molar-refractivity contribution in [2.75, 3.05) is 38.1 Å². The number of hydrogen-bond acceptors (Lipinski definition) is 7. The van der Waals surface area contributed by atoms with Crippen LogP contribution in [-0.4, -0.2) is 110 Å². The van der Waals surface area contributed by atoms with Crippen molar-refractivity contribution < 1.29 is 55.7 Å². The van der Waals surface area contributed by atoms with Gasteiger partial charge in [0.2, 0.25) is 5.91 Å². The molecule has 1 atom stereocenters. The Morgan fingerprint density at radius 3 is 2.00 bits per heavy atom. The number of carboxylic acids is 2. The molecule has 2 aliphatic rings. The standard InChI is InChI=1S/C18H22N6O2.2C2HF3O2/c1-21-11-16(25)24(15-9-20-22(2)10-15)13-18(21)5-7-23(12-18)17(26)14-4-3-6-19-8-14;2*3-2(4,5)1(6)7/h3-4,6,8-10H,5,7,11-13H2,1-2H3;2*(H,6,7). The molecule has 2 N–H and O–H groups in total. The van der Waals surface area contributed by atoms with E-state index in [9.17, 15) is 35.9 Å². The molecule has 18 heteroatoms. The van der Waals surface area contributed by atoms with Crippen molar-refractivity contribution in [3.8, 4) is 0 Å². The number of alkyl halides is 6. The van der Waals surface area contributed by atoms with Crippen LogP contribution in [0.3, 0.4) is 0 Å². The van der Waals surface area contributed by atoms with Gasteiger partial charge in [-0.1, -0.05) is 0 Å². The number of likely N-dealkylation sites (N-methyl/N-ethyl adjacent to an activating group) is 1. The smallest absolute Gasteiger partial charge is 0.475 e. The first kappa shape index (κ1) is 32.0. The Kier molecular flexibility index (Phi) is 9.85. The van der Waals surface area contributed by atoms with Gasteiger partial charge in [0, 0.05) is 45.3 Å². The average Bonchev–Trinajstić information content (AvgIpc) is 3.48. The molecule has 0 radical (unpaired) electrons. The van der Waals surface area contributed by atoms with Gasteiger partial charge in [-0.2, -0.15) is 31.4 Å². The molecular formula is C22H24F6N6O6. The van der Waals surface area contributed by atoms with Gasteiger partial charge in [0.15, 0.2) is 0 Å². The van der Waals surface area contributed by atoms with Crippen molar-refractivity contribution in [2.45, 2.75) is 24.3 Å². The highest BCUT2D eigenvalue weighted by Crippen LogP contribution is 2.33. The summed E-state index contributed by atoms with van der Waals surface area (Å²) in [6, 6.07) is 3.56. The molecule has 2 fully saturated rings. The first-order valence-electron chi connectivity index (χ1n) is 11.2. The number of aryl methyl sites for hydroxylation is 1. The molecule has 2 saturated heterocycles. The minimum atomic E-state index is -5.08. The van der Waals surface area contributed by atoms with Gasteiger partial charge >= 0.3 is 24.3 Å². The molecule has 40 heavy (non-hydrogen) atoms. The first-order valence-corrected chi connectivity index (χ1v) is 11.2. The van der Waals surface area contributed by atoms with E-state index in [0.717, 1.165) is 12.1 Å². The number of likely N-dealkylation sites (tertiary alicyclic amines) is 1. The van der Waals surface area contributed by atoms with Crippen LogP contribution in [0, 0.1) is 0 Å². The van der Waals surface area contributed by atoms with Gasteiger partial charge in [0.25, 0.3) is 5.91 Å². The zero-order chi connectivity index (χ0) is 30.5. The summed E-state index contributed by atoms with van der Waals surface area (Å²) < 4.78 is 65.2. The van der Waals surface area contributed by atoms with E-state index >= 15 is 0 Å². The molecule has 0 aliphatic carbocycles. The molecular weight excluding hydrogens is 558 g/mol. The van der Waals surface area contributed by atoms with Gasteiger partial charge in [-0.05, 0) is 25.6 Å². The molecule has 4 rings (SSSR count). The highest BCUT2D eigenvalue weighted by Gasteiger charge is 2.49. The van der Waals surface area contributed by atoms with Crippen LogP contribution in [0.5, 0.6) is 0 Å². The molecule has 0 bridgehead atoms. The van der Waals surface area contributed by atoms with Crippen LogP contribution in [0.1, 0.15) is 16.8 Å². The van der Waals surface area contributed by atoms with Gasteiger partial charge < -0.3 is 20.0 Å². The molecule has 2 amide bonds. The quantitative estimate of drug-likeness (QED) is 0.504. The summed E-state index contributed by atoms with van der Waals surface area (Å²) in [6.07, 6.45) is -2.51. The number of carbonyl (C=O) groups excluding carboxylic acids is 2. The first-order chi connectivity index (χ1) is 18.4. The van der Waals surface area contributed by atoms with E-state index in [1.807, 2.05) is 25.2 Å². The van der Waals surface area contributed by atoms with E-state index in [2.05, 4.69) is 15.0 Å². The summed E-state index contributed by atoms with van der Waals surface area (Å²) in [5.74, 6) is -5.46. The number of anilines is 1. The van der Waals surface area contributed by atoms with Crippen molar-refractivity contribution in [1.29, 1.82) is 0 Å². The Balaban J connectivity index is 0.000000333. The average molecular weight is 582 g/mol. The molecule has 12 nitrogen and oxygen atoms in total. The molecule has 1 spiro atoms. The number of rotatable bonds is 2. The highest BCUT2D eigenvalue weighted by atomic mass is 19.4. The third-order valence-corrected chi connectivity index (χ3v) is 5.95. The maximum atomic E-state index is 12.8. The second-order valence-electron chi connectivity index (χ2n) is 8.76. The largest absolute Gasteiger partial charge is 0.490 e. The number of carboxylic acid groups (broad SMARTS) is 2.